The molecule has 0 saturated heterocycles. The van der Waals surface area contributed by atoms with Gasteiger partial charge >= 0.3 is 5.97 Å². The molecule has 0 unspecified atom stereocenters. The van der Waals surface area contributed by atoms with Crippen LogP contribution in [0.15, 0.2) is 47.3 Å². The molecule has 0 amide bonds. The van der Waals surface area contributed by atoms with E-state index in [1.807, 2.05) is 24.3 Å². The molecule has 2 heterocycles. The Labute approximate surface area is 129 Å². The quantitative estimate of drug-likeness (QED) is 0.683. The minimum Gasteiger partial charge on any atom is -0.462 e. The second-order valence-corrected chi connectivity index (χ2v) is 5.22. The Kier molecular flexibility index (Phi) is 3.70. The van der Waals surface area contributed by atoms with Gasteiger partial charge in [-0.05, 0) is 13.0 Å². The fourth-order valence-electron chi connectivity index (χ4n) is 2.06. The van der Waals surface area contributed by atoms with Crippen molar-refractivity contribution >= 4 is 27.5 Å². The standard InChI is InChI=1S/C15H12BrN3O2/c1-2-21-15(20)10-7-17-14-12(8-18-19(14)9-10)11-5-3-4-6-13(11)16/h3-9H,2H2,1H3. The molecule has 0 radical (unpaired) electrons. The van der Waals surface area contributed by atoms with Gasteiger partial charge in [0, 0.05) is 28.0 Å². The van der Waals surface area contributed by atoms with Crippen LogP contribution in [0.5, 0.6) is 0 Å². The van der Waals surface area contributed by atoms with Crippen molar-refractivity contribution in [2.45, 2.75) is 6.92 Å². The molecule has 0 aliphatic heterocycles. The van der Waals surface area contributed by atoms with E-state index in [2.05, 4.69) is 26.0 Å². The average molecular weight is 346 g/mol. The lowest BCUT2D eigenvalue weighted by molar-refractivity contribution is 0.0525. The van der Waals surface area contributed by atoms with E-state index in [9.17, 15) is 4.79 Å². The number of aromatic nitrogens is 3. The molecule has 0 spiro atoms. The van der Waals surface area contributed by atoms with E-state index in [0.717, 1.165) is 15.6 Å². The molecular formula is C15H12BrN3O2. The number of halogens is 1. The van der Waals surface area contributed by atoms with Gasteiger partial charge in [-0.3, -0.25) is 0 Å². The van der Waals surface area contributed by atoms with Crippen molar-refractivity contribution in [1.82, 2.24) is 14.6 Å². The molecule has 21 heavy (non-hydrogen) atoms. The smallest absolute Gasteiger partial charge is 0.341 e. The summed E-state index contributed by atoms with van der Waals surface area (Å²) in [5, 5.41) is 4.26. The van der Waals surface area contributed by atoms with Crippen LogP contribution in [0, 0.1) is 0 Å². The summed E-state index contributed by atoms with van der Waals surface area (Å²) < 4.78 is 7.51. The summed E-state index contributed by atoms with van der Waals surface area (Å²) in [7, 11) is 0. The summed E-state index contributed by atoms with van der Waals surface area (Å²) in [4.78, 5) is 16.0. The molecule has 0 atom stereocenters. The summed E-state index contributed by atoms with van der Waals surface area (Å²) >= 11 is 3.52. The van der Waals surface area contributed by atoms with Gasteiger partial charge in [0.1, 0.15) is 0 Å². The van der Waals surface area contributed by atoms with Crippen LogP contribution in [0.2, 0.25) is 0 Å². The fraction of sp³-hybridized carbons (Fsp3) is 0.133. The molecule has 0 aliphatic carbocycles. The second kappa shape index (κ2) is 5.65. The molecule has 0 N–H and O–H groups in total. The Hall–Kier alpha value is -2.21. The summed E-state index contributed by atoms with van der Waals surface area (Å²) in [5.74, 6) is -0.398. The number of esters is 1. The molecule has 1 aromatic carbocycles. The topological polar surface area (TPSA) is 56.5 Å². The number of benzene rings is 1. The molecular weight excluding hydrogens is 334 g/mol. The van der Waals surface area contributed by atoms with Crippen molar-refractivity contribution in [2.75, 3.05) is 6.61 Å². The van der Waals surface area contributed by atoms with Crippen LogP contribution in [-0.4, -0.2) is 27.2 Å². The number of carbonyl (C=O) groups is 1. The number of hydrogen-bond acceptors (Lipinski definition) is 4. The molecule has 0 saturated carbocycles. The zero-order valence-corrected chi connectivity index (χ0v) is 12.9. The molecule has 0 aliphatic rings. The van der Waals surface area contributed by atoms with Crippen molar-refractivity contribution < 1.29 is 9.53 Å². The first-order chi connectivity index (χ1) is 10.2. The Bertz CT molecular complexity index is 814. The van der Waals surface area contributed by atoms with E-state index in [-0.39, 0.29) is 0 Å². The van der Waals surface area contributed by atoms with Crippen LogP contribution in [0.4, 0.5) is 0 Å². The predicted molar refractivity (Wildman–Crippen MR) is 82.1 cm³/mol. The predicted octanol–water partition coefficient (Wildman–Crippen LogP) is 3.34. The van der Waals surface area contributed by atoms with Gasteiger partial charge in [0.25, 0.3) is 0 Å². The van der Waals surface area contributed by atoms with Crippen molar-refractivity contribution in [3.8, 4) is 11.1 Å². The summed E-state index contributed by atoms with van der Waals surface area (Å²) in [6.45, 7) is 2.10. The van der Waals surface area contributed by atoms with E-state index >= 15 is 0 Å². The highest BCUT2D eigenvalue weighted by molar-refractivity contribution is 9.10. The zero-order chi connectivity index (χ0) is 14.8. The molecule has 5 nitrogen and oxygen atoms in total. The maximum Gasteiger partial charge on any atom is 0.341 e. The maximum atomic E-state index is 11.7. The summed E-state index contributed by atoms with van der Waals surface area (Å²) in [6.07, 6.45) is 4.87. The first kappa shape index (κ1) is 13.8. The third-order valence-corrected chi connectivity index (χ3v) is 3.72. The van der Waals surface area contributed by atoms with Crippen molar-refractivity contribution in [3.63, 3.8) is 0 Å². The lowest BCUT2D eigenvalue weighted by Crippen LogP contribution is -2.07. The van der Waals surface area contributed by atoms with Gasteiger partial charge in [0.05, 0.1) is 18.4 Å². The van der Waals surface area contributed by atoms with Gasteiger partial charge in [-0.2, -0.15) is 5.10 Å². The monoisotopic (exact) mass is 345 g/mol. The van der Waals surface area contributed by atoms with Crippen molar-refractivity contribution in [3.05, 3.63) is 52.9 Å². The lowest BCUT2D eigenvalue weighted by Gasteiger charge is -2.03. The number of rotatable bonds is 3. The van der Waals surface area contributed by atoms with Crippen LogP contribution >= 0.6 is 15.9 Å². The lowest BCUT2D eigenvalue weighted by atomic mass is 10.1. The number of fused-ring (bicyclic) bond motifs is 1. The van der Waals surface area contributed by atoms with Gasteiger partial charge < -0.3 is 4.74 Å². The first-order valence-corrected chi connectivity index (χ1v) is 7.25. The number of carbonyl (C=O) groups excluding carboxylic acids is 1. The third-order valence-electron chi connectivity index (χ3n) is 3.03. The SMILES string of the molecule is CCOC(=O)c1cnc2c(-c3ccccc3Br)cnn2c1. The Balaban J connectivity index is 2.08. The van der Waals surface area contributed by atoms with E-state index in [1.54, 1.807) is 23.8 Å². The van der Waals surface area contributed by atoms with E-state index in [4.69, 9.17) is 4.74 Å². The number of hydrogen-bond donors (Lipinski definition) is 0. The van der Waals surface area contributed by atoms with Gasteiger partial charge in [-0.25, -0.2) is 14.3 Å². The maximum absolute atomic E-state index is 11.7. The van der Waals surface area contributed by atoms with E-state index < -0.39 is 5.97 Å². The van der Waals surface area contributed by atoms with E-state index in [1.165, 1.54) is 6.20 Å². The zero-order valence-electron chi connectivity index (χ0n) is 11.3. The summed E-state index contributed by atoms with van der Waals surface area (Å²) in [5.41, 5.74) is 2.97. The summed E-state index contributed by atoms with van der Waals surface area (Å²) in [6, 6.07) is 7.86. The van der Waals surface area contributed by atoms with Gasteiger partial charge in [-0.15, -0.1) is 0 Å². The number of ether oxygens (including phenoxy) is 1. The third kappa shape index (κ3) is 2.54. The van der Waals surface area contributed by atoms with Gasteiger partial charge in [-0.1, -0.05) is 34.1 Å². The molecule has 6 heteroatoms. The van der Waals surface area contributed by atoms with E-state index in [0.29, 0.717) is 17.8 Å². The van der Waals surface area contributed by atoms with Crippen LogP contribution < -0.4 is 0 Å². The highest BCUT2D eigenvalue weighted by Crippen LogP contribution is 2.30. The normalized spacial score (nSPS) is 10.8. The van der Waals surface area contributed by atoms with Crippen LogP contribution in [0.1, 0.15) is 17.3 Å². The minimum atomic E-state index is -0.398. The first-order valence-electron chi connectivity index (χ1n) is 6.46. The fourth-order valence-corrected chi connectivity index (χ4v) is 2.56. The van der Waals surface area contributed by atoms with Gasteiger partial charge in [0.2, 0.25) is 0 Å². The molecule has 0 bridgehead atoms. The second-order valence-electron chi connectivity index (χ2n) is 4.37. The Morgan fingerprint density at radius 1 is 1.29 bits per heavy atom. The highest BCUT2D eigenvalue weighted by atomic mass is 79.9. The van der Waals surface area contributed by atoms with Crippen molar-refractivity contribution in [1.29, 1.82) is 0 Å². The molecule has 106 valence electrons. The number of nitrogens with zero attached hydrogens (tertiary/aromatic N) is 3. The largest absolute Gasteiger partial charge is 0.462 e. The minimum absolute atomic E-state index is 0.332. The van der Waals surface area contributed by atoms with Crippen LogP contribution in [0.3, 0.4) is 0 Å². The average Bonchev–Trinajstić information content (AvgIpc) is 2.91. The van der Waals surface area contributed by atoms with Crippen LogP contribution in [-0.2, 0) is 4.74 Å². The van der Waals surface area contributed by atoms with Gasteiger partial charge in [0.15, 0.2) is 5.65 Å². The molecule has 3 aromatic rings. The Morgan fingerprint density at radius 3 is 2.86 bits per heavy atom. The molecule has 2 aromatic heterocycles. The Morgan fingerprint density at radius 2 is 2.10 bits per heavy atom. The highest BCUT2D eigenvalue weighted by Gasteiger charge is 2.13. The van der Waals surface area contributed by atoms with Crippen molar-refractivity contribution in [2.24, 2.45) is 0 Å². The van der Waals surface area contributed by atoms with Crippen LogP contribution in [0.25, 0.3) is 16.8 Å². The molecule has 0 fully saturated rings. The molecule has 3 rings (SSSR count).